The molecule has 2 aromatic carbocycles. The molecule has 0 fully saturated rings. The summed E-state index contributed by atoms with van der Waals surface area (Å²) in [6.07, 6.45) is 0.964. The molecule has 0 saturated carbocycles. The van der Waals surface area contributed by atoms with Crippen molar-refractivity contribution in [3.8, 4) is 0 Å². The molecule has 0 aliphatic carbocycles. The Bertz CT molecular complexity index is 722. The molecule has 0 bridgehead atoms. The van der Waals surface area contributed by atoms with Crippen LogP contribution in [0.2, 0.25) is 0 Å². The predicted molar refractivity (Wildman–Crippen MR) is 85.4 cm³/mol. The topological polar surface area (TPSA) is 72.2 Å². The van der Waals surface area contributed by atoms with Crippen LogP contribution in [0.5, 0.6) is 0 Å². The van der Waals surface area contributed by atoms with Gasteiger partial charge in [0.2, 0.25) is 10.0 Å². The minimum atomic E-state index is -3.60. The van der Waals surface area contributed by atoms with Crippen LogP contribution in [0.15, 0.2) is 47.4 Å². The second kappa shape index (κ2) is 6.28. The highest BCUT2D eigenvalue weighted by atomic mass is 32.2. The molecule has 0 unspecified atom stereocenters. The van der Waals surface area contributed by atoms with Gasteiger partial charge in [-0.1, -0.05) is 37.3 Å². The largest absolute Gasteiger partial charge is 0.398 e. The first-order valence-corrected chi connectivity index (χ1v) is 8.34. The Kier molecular flexibility index (Phi) is 4.65. The van der Waals surface area contributed by atoms with Crippen molar-refractivity contribution in [2.75, 3.05) is 5.73 Å². The van der Waals surface area contributed by atoms with Crippen molar-refractivity contribution in [1.82, 2.24) is 4.72 Å². The molecule has 0 saturated heterocycles. The van der Waals surface area contributed by atoms with Crippen molar-refractivity contribution in [3.05, 3.63) is 59.2 Å². The van der Waals surface area contributed by atoms with E-state index in [1.165, 1.54) is 11.6 Å². The van der Waals surface area contributed by atoms with Crippen LogP contribution in [0.3, 0.4) is 0 Å². The lowest BCUT2D eigenvalue weighted by atomic mass is 10.1. The minimum Gasteiger partial charge on any atom is -0.398 e. The molecule has 0 amide bonds. The summed E-state index contributed by atoms with van der Waals surface area (Å²) in [4.78, 5) is 0.123. The van der Waals surface area contributed by atoms with E-state index in [-0.39, 0.29) is 17.1 Å². The standard InChI is InChI=1S/C16H20N2O2S/c1-3-13-5-7-14(8-6-13)11-18-21(19,20)16-9-4-12(2)10-15(16)17/h4-10,18H,3,11,17H2,1-2H3. The van der Waals surface area contributed by atoms with E-state index in [1.54, 1.807) is 12.1 Å². The van der Waals surface area contributed by atoms with Crippen LogP contribution in [-0.2, 0) is 23.0 Å². The number of aryl methyl sites for hydroxylation is 2. The molecule has 0 aromatic heterocycles. The van der Waals surface area contributed by atoms with Gasteiger partial charge in [-0.05, 0) is 42.2 Å². The molecule has 21 heavy (non-hydrogen) atoms. The highest BCUT2D eigenvalue weighted by molar-refractivity contribution is 7.89. The van der Waals surface area contributed by atoms with Crippen LogP contribution >= 0.6 is 0 Å². The van der Waals surface area contributed by atoms with E-state index in [4.69, 9.17) is 5.73 Å². The van der Waals surface area contributed by atoms with Gasteiger partial charge in [0, 0.05) is 6.54 Å². The molecule has 5 heteroatoms. The Morgan fingerprint density at radius 2 is 1.67 bits per heavy atom. The van der Waals surface area contributed by atoms with Gasteiger partial charge >= 0.3 is 0 Å². The zero-order chi connectivity index (χ0) is 15.5. The number of hydrogen-bond donors (Lipinski definition) is 2. The molecule has 2 rings (SSSR count). The number of sulfonamides is 1. The van der Waals surface area contributed by atoms with E-state index in [0.717, 1.165) is 17.5 Å². The number of hydrogen-bond acceptors (Lipinski definition) is 3. The number of rotatable bonds is 5. The zero-order valence-electron chi connectivity index (χ0n) is 12.3. The smallest absolute Gasteiger partial charge is 0.242 e. The quantitative estimate of drug-likeness (QED) is 0.834. The maximum atomic E-state index is 12.3. The molecule has 0 radical (unpaired) electrons. The average molecular weight is 304 g/mol. The van der Waals surface area contributed by atoms with Gasteiger partial charge in [0.25, 0.3) is 0 Å². The van der Waals surface area contributed by atoms with Crippen LogP contribution in [0.1, 0.15) is 23.6 Å². The Morgan fingerprint density at radius 1 is 1.05 bits per heavy atom. The van der Waals surface area contributed by atoms with Gasteiger partial charge in [-0.15, -0.1) is 0 Å². The van der Waals surface area contributed by atoms with Crippen molar-refractivity contribution >= 4 is 15.7 Å². The van der Waals surface area contributed by atoms with Gasteiger partial charge in [-0.3, -0.25) is 0 Å². The van der Waals surface area contributed by atoms with Crippen LogP contribution < -0.4 is 10.5 Å². The van der Waals surface area contributed by atoms with Crippen molar-refractivity contribution in [3.63, 3.8) is 0 Å². The minimum absolute atomic E-state index is 0.123. The number of nitrogens with two attached hydrogens (primary N) is 1. The summed E-state index contributed by atoms with van der Waals surface area (Å²) >= 11 is 0. The van der Waals surface area contributed by atoms with Crippen LogP contribution in [0.25, 0.3) is 0 Å². The van der Waals surface area contributed by atoms with E-state index >= 15 is 0 Å². The number of benzene rings is 2. The number of nitrogens with one attached hydrogen (secondary N) is 1. The summed E-state index contributed by atoms with van der Waals surface area (Å²) in [5.41, 5.74) is 9.14. The van der Waals surface area contributed by atoms with Crippen LogP contribution in [0, 0.1) is 6.92 Å². The van der Waals surface area contributed by atoms with Gasteiger partial charge in [-0.25, -0.2) is 13.1 Å². The summed E-state index contributed by atoms with van der Waals surface area (Å²) in [5.74, 6) is 0. The maximum absolute atomic E-state index is 12.3. The first-order chi connectivity index (χ1) is 9.92. The van der Waals surface area contributed by atoms with Crippen LogP contribution in [0.4, 0.5) is 5.69 Å². The van der Waals surface area contributed by atoms with E-state index in [2.05, 4.69) is 11.6 Å². The number of nitrogen functional groups attached to an aromatic ring is 1. The van der Waals surface area contributed by atoms with Gasteiger partial charge in [0.1, 0.15) is 4.90 Å². The molecule has 4 nitrogen and oxygen atoms in total. The molecular formula is C16H20N2O2S. The first kappa shape index (κ1) is 15.5. The molecule has 0 atom stereocenters. The molecule has 3 N–H and O–H groups in total. The second-order valence-electron chi connectivity index (χ2n) is 5.04. The van der Waals surface area contributed by atoms with E-state index in [9.17, 15) is 8.42 Å². The Morgan fingerprint density at radius 3 is 2.24 bits per heavy atom. The fourth-order valence-corrected chi connectivity index (χ4v) is 3.19. The summed E-state index contributed by atoms with van der Waals surface area (Å²) < 4.78 is 27.1. The lowest BCUT2D eigenvalue weighted by Gasteiger charge is -2.10. The third-order valence-corrected chi connectivity index (χ3v) is 4.83. The zero-order valence-corrected chi connectivity index (χ0v) is 13.1. The van der Waals surface area contributed by atoms with E-state index in [0.29, 0.717) is 0 Å². The number of anilines is 1. The highest BCUT2D eigenvalue weighted by Crippen LogP contribution is 2.19. The molecule has 0 heterocycles. The van der Waals surface area contributed by atoms with Crippen molar-refractivity contribution in [2.45, 2.75) is 31.7 Å². The third-order valence-electron chi connectivity index (χ3n) is 3.35. The summed E-state index contributed by atoms with van der Waals surface area (Å²) in [5, 5.41) is 0. The monoisotopic (exact) mass is 304 g/mol. The molecule has 0 aliphatic rings. The Balaban J connectivity index is 2.13. The average Bonchev–Trinajstić information content (AvgIpc) is 2.45. The van der Waals surface area contributed by atoms with Gasteiger partial charge in [0.05, 0.1) is 5.69 Å². The fraction of sp³-hybridized carbons (Fsp3) is 0.250. The molecule has 0 aliphatic heterocycles. The summed E-state index contributed by atoms with van der Waals surface area (Å²) in [6, 6.07) is 12.8. The first-order valence-electron chi connectivity index (χ1n) is 6.86. The predicted octanol–water partition coefficient (Wildman–Crippen LogP) is 2.62. The van der Waals surface area contributed by atoms with Gasteiger partial charge < -0.3 is 5.73 Å². The molecule has 112 valence electrons. The maximum Gasteiger partial charge on any atom is 0.242 e. The molecular weight excluding hydrogens is 284 g/mol. The van der Waals surface area contributed by atoms with Crippen LogP contribution in [-0.4, -0.2) is 8.42 Å². The summed E-state index contributed by atoms with van der Waals surface area (Å²) in [7, 11) is -3.60. The fourth-order valence-electron chi connectivity index (χ4n) is 2.06. The molecule has 2 aromatic rings. The highest BCUT2D eigenvalue weighted by Gasteiger charge is 2.16. The van der Waals surface area contributed by atoms with Crippen molar-refractivity contribution in [1.29, 1.82) is 0 Å². The van der Waals surface area contributed by atoms with E-state index in [1.807, 2.05) is 31.2 Å². The lowest BCUT2D eigenvalue weighted by molar-refractivity contribution is 0.581. The lowest BCUT2D eigenvalue weighted by Crippen LogP contribution is -2.24. The third kappa shape index (κ3) is 3.83. The normalized spacial score (nSPS) is 11.5. The Labute approximate surface area is 126 Å². The van der Waals surface area contributed by atoms with Gasteiger partial charge in [-0.2, -0.15) is 0 Å². The SMILES string of the molecule is CCc1ccc(CNS(=O)(=O)c2ccc(C)cc2N)cc1. The van der Waals surface area contributed by atoms with Gasteiger partial charge in [0.15, 0.2) is 0 Å². The van der Waals surface area contributed by atoms with Crippen molar-refractivity contribution in [2.24, 2.45) is 0 Å². The summed E-state index contributed by atoms with van der Waals surface area (Å²) in [6.45, 7) is 4.20. The van der Waals surface area contributed by atoms with Crippen molar-refractivity contribution < 1.29 is 8.42 Å². The Hall–Kier alpha value is -1.85. The molecule has 0 spiro atoms. The van der Waals surface area contributed by atoms with E-state index < -0.39 is 10.0 Å². The second-order valence-corrected chi connectivity index (χ2v) is 6.77.